The van der Waals surface area contributed by atoms with Crippen LogP contribution < -0.4 is 5.32 Å². The number of rotatable bonds is 6. The SMILES string of the molecule is CN(C)S(=O)(=O)c1cc(C(=O)NC2CCCN(Cc3ccccc3)C2)ccc1Cl. The molecule has 0 saturated carbocycles. The Kier molecular flexibility index (Phi) is 6.95. The van der Waals surface area contributed by atoms with Gasteiger partial charge in [-0.15, -0.1) is 0 Å². The maximum atomic E-state index is 12.8. The van der Waals surface area contributed by atoms with Crippen molar-refractivity contribution in [3.63, 3.8) is 0 Å². The Morgan fingerprint density at radius 3 is 2.62 bits per heavy atom. The van der Waals surface area contributed by atoms with Crippen LogP contribution >= 0.6 is 11.6 Å². The molecule has 2 aromatic rings. The van der Waals surface area contributed by atoms with Crippen molar-refractivity contribution in [2.75, 3.05) is 27.2 Å². The van der Waals surface area contributed by atoms with Gasteiger partial charge in [-0.3, -0.25) is 9.69 Å². The standard InChI is InChI=1S/C21H26ClN3O3S/c1-24(2)29(27,28)20-13-17(10-11-19(20)22)21(26)23-18-9-6-12-25(15-18)14-16-7-4-3-5-8-16/h3-5,7-8,10-11,13,18H,6,9,12,14-15H2,1-2H3,(H,23,26). The number of carbonyl (C=O) groups is 1. The van der Waals surface area contributed by atoms with Crippen molar-refractivity contribution in [3.8, 4) is 0 Å². The van der Waals surface area contributed by atoms with Gasteiger partial charge < -0.3 is 5.32 Å². The molecule has 0 aromatic heterocycles. The Morgan fingerprint density at radius 1 is 1.21 bits per heavy atom. The van der Waals surface area contributed by atoms with Crippen LogP contribution in [0.4, 0.5) is 0 Å². The fourth-order valence-corrected chi connectivity index (χ4v) is 4.86. The number of carbonyl (C=O) groups excluding carboxylic acids is 1. The summed E-state index contributed by atoms with van der Waals surface area (Å²) < 4.78 is 26.0. The quantitative estimate of drug-likeness (QED) is 0.757. The third kappa shape index (κ3) is 5.36. The lowest BCUT2D eigenvalue weighted by atomic mass is 10.0. The molecule has 0 spiro atoms. The summed E-state index contributed by atoms with van der Waals surface area (Å²) in [7, 11) is -0.862. The average Bonchev–Trinajstić information content (AvgIpc) is 2.69. The largest absolute Gasteiger partial charge is 0.348 e. The van der Waals surface area contributed by atoms with E-state index in [2.05, 4.69) is 22.3 Å². The molecule has 1 fully saturated rings. The molecule has 1 saturated heterocycles. The zero-order valence-electron chi connectivity index (χ0n) is 16.6. The normalized spacial score (nSPS) is 18.0. The van der Waals surface area contributed by atoms with Gasteiger partial charge in [-0.1, -0.05) is 41.9 Å². The van der Waals surface area contributed by atoms with Gasteiger partial charge in [-0.2, -0.15) is 0 Å². The van der Waals surface area contributed by atoms with Crippen LogP contribution in [0.5, 0.6) is 0 Å². The van der Waals surface area contributed by atoms with Crippen molar-refractivity contribution in [1.82, 2.24) is 14.5 Å². The Labute approximate surface area is 177 Å². The minimum absolute atomic E-state index is 0.0181. The Balaban J connectivity index is 1.68. The second-order valence-electron chi connectivity index (χ2n) is 7.47. The van der Waals surface area contributed by atoms with Gasteiger partial charge in [0.15, 0.2) is 0 Å². The van der Waals surface area contributed by atoms with E-state index in [0.717, 1.165) is 36.8 Å². The lowest BCUT2D eigenvalue weighted by Crippen LogP contribution is -2.47. The van der Waals surface area contributed by atoms with Crippen LogP contribution in [-0.4, -0.2) is 56.8 Å². The second kappa shape index (κ2) is 9.26. The zero-order valence-corrected chi connectivity index (χ0v) is 18.2. The third-order valence-corrected chi connectivity index (χ3v) is 7.34. The van der Waals surface area contributed by atoms with Gasteiger partial charge in [0, 0.05) is 38.8 Å². The van der Waals surface area contributed by atoms with Crippen LogP contribution in [0.15, 0.2) is 53.4 Å². The summed E-state index contributed by atoms with van der Waals surface area (Å²) in [5.41, 5.74) is 1.53. The van der Waals surface area contributed by atoms with Gasteiger partial charge >= 0.3 is 0 Å². The number of halogens is 1. The molecular formula is C21H26ClN3O3S. The summed E-state index contributed by atoms with van der Waals surface area (Å²) in [6.07, 6.45) is 1.89. The van der Waals surface area contributed by atoms with E-state index in [1.807, 2.05) is 18.2 Å². The molecule has 1 unspecified atom stereocenters. The van der Waals surface area contributed by atoms with Crippen molar-refractivity contribution >= 4 is 27.5 Å². The topological polar surface area (TPSA) is 69.7 Å². The van der Waals surface area contributed by atoms with Crippen molar-refractivity contribution in [2.45, 2.75) is 30.3 Å². The predicted molar refractivity (Wildman–Crippen MR) is 115 cm³/mol. The summed E-state index contributed by atoms with van der Waals surface area (Å²) >= 11 is 6.07. The molecule has 0 aliphatic carbocycles. The lowest BCUT2D eigenvalue weighted by molar-refractivity contribution is 0.0900. The van der Waals surface area contributed by atoms with E-state index in [4.69, 9.17) is 11.6 Å². The molecule has 1 N–H and O–H groups in total. The van der Waals surface area contributed by atoms with Crippen LogP contribution in [0.1, 0.15) is 28.8 Å². The number of piperidine rings is 1. The molecule has 29 heavy (non-hydrogen) atoms. The molecule has 0 bridgehead atoms. The highest BCUT2D eigenvalue weighted by molar-refractivity contribution is 7.89. The Hall–Kier alpha value is -1.93. The summed E-state index contributed by atoms with van der Waals surface area (Å²) in [5.74, 6) is -0.288. The number of likely N-dealkylation sites (tertiary alicyclic amines) is 1. The van der Waals surface area contributed by atoms with Crippen LogP contribution in [0.2, 0.25) is 5.02 Å². The molecule has 6 nitrogen and oxygen atoms in total. The van der Waals surface area contributed by atoms with Crippen molar-refractivity contribution < 1.29 is 13.2 Å². The molecule has 2 aromatic carbocycles. The number of nitrogens with zero attached hydrogens (tertiary/aromatic N) is 2. The predicted octanol–water partition coefficient (Wildman–Crippen LogP) is 2.98. The summed E-state index contributed by atoms with van der Waals surface area (Å²) in [5, 5.41) is 3.15. The van der Waals surface area contributed by atoms with Crippen LogP contribution in [0, 0.1) is 0 Å². The van der Waals surface area contributed by atoms with E-state index in [-0.39, 0.29) is 27.4 Å². The van der Waals surface area contributed by atoms with Crippen molar-refractivity contribution in [1.29, 1.82) is 0 Å². The van der Waals surface area contributed by atoms with Gasteiger partial charge in [0.1, 0.15) is 4.90 Å². The van der Waals surface area contributed by atoms with E-state index in [1.54, 1.807) is 6.07 Å². The average molecular weight is 436 g/mol. The first kappa shape index (κ1) is 21.8. The fourth-order valence-electron chi connectivity index (χ4n) is 3.47. The van der Waals surface area contributed by atoms with Crippen LogP contribution in [-0.2, 0) is 16.6 Å². The van der Waals surface area contributed by atoms with E-state index in [1.165, 1.54) is 31.8 Å². The Morgan fingerprint density at radius 2 is 1.93 bits per heavy atom. The Bertz CT molecular complexity index is 964. The maximum absolute atomic E-state index is 12.8. The zero-order chi connectivity index (χ0) is 21.0. The minimum Gasteiger partial charge on any atom is -0.348 e. The maximum Gasteiger partial charge on any atom is 0.251 e. The molecule has 0 radical (unpaired) electrons. The third-order valence-electron chi connectivity index (χ3n) is 5.04. The highest BCUT2D eigenvalue weighted by atomic mass is 35.5. The van der Waals surface area contributed by atoms with Gasteiger partial charge in [0.05, 0.1) is 5.02 Å². The van der Waals surface area contributed by atoms with Crippen molar-refractivity contribution in [2.24, 2.45) is 0 Å². The van der Waals surface area contributed by atoms with E-state index < -0.39 is 10.0 Å². The number of amides is 1. The van der Waals surface area contributed by atoms with E-state index in [0.29, 0.717) is 0 Å². The number of hydrogen-bond donors (Lipinski definition) is 1. The number of benzene rings is 2. The van der Waals surface area contributed by atoms with Gasteiger partial charge in [0.25, 0.3) is 5.91 Å². The second-order valence-corrected chi connectivity index (χ2v) is 9.99. The van der Waals surface area contributed by atoms with Gasteiger partial charge in [-0.25, -0.2) is 12.7 Å². The molecular weight excluding hydrogens is 410 g/mol. The summed E-state index contributed by atoms with van der Waals surface area (Å²) in [4.78, 5) is 15.0. The number of hydrogen-bond acceptors (Lipinski definition) is 4. The van der Waals surface area contributed by atoms with Gasteiger partial charge in [-0.05, 0) is 43.1 Å². The van der Waals surface area contributed by atoms with E-state index >= 15 is 0 Å². The molecule has 1 aliphatic rings. The molecule has 1 atom stereocenters. The van der Waals surface area contributed by atoms with Crippen LogP contribution in [0.3, 0.4) is 0 Å². The van der Waals surface area contributed by atoms with E-state index in [9.17, 15) is 13.2 Å². The first-order valence-electron chi connectivity index (χ1n) is 9.56. The first-order valence-corrected chi connectivity index (χ1v) is 11.4. The molecule has 8 heteroatoms. The van der Waals surface area contributed by atoms with Gasteiger partial charge in [0.2, 0.25) is 10.0 Å². The first-order chi connectivity index (χ1) is 13.8. The smallest absolute Gasteiger partial charge is 0.251 e. The molecule has 1 amide bonds. The summed E-state index contributed by atoms with van der Waals surface area (Å²) in [6.45, 7) is 2.60. The van der Waals surface area contributed by atoms with Crippen LogP contribution in [0.25, 0.3) is 0 Å². The lowest BCUT2D eigenvalue weighted by Gasteiger charge is -2.33. The molecule has 1 heterocycles. The monoisotopic (exact) mass is 435 g/mol. The highest BCUT2D eigenvalue weighted by Gasteiger charge is 2.25. The minimum atomic E-state index is -3.73. The molecule has 1 aliphatic heterocycles. The van der Waals surface area contributed by atoms with Crippen molar-refractivity contribution in [3.05, 3.63) is 64.7 Å². The highest BCUT2D eigenvalue weighted by Crippen LogP contribution is 2.25. The number of nitrogens with one attached hydrogen (secondary N) is 1. The summed E-state index contributed by atoms with van der Waals surface area (Å²) in [6, 6.07) is 14.6. The fraction of sp³-hybridized carbons (Fsp3) is 0.381. The molecule has 3 rings (SSSR count). The molecule has 156 valence electrons. The number of sulfonamides is 1.